The molecule has 14 heavy (non-hydrogen) atoms. The Morgan fingerprint density at radius 2 is 0.714 bits per heavy atom. The Kier molecular flexibility index (Phi) is 3.36. The first kappa shape index (κ1) is 14.1. The largest absolute Gasteiger partial charge is 0.312 e. The van der Waals surface area contributed by atoms with Crippen molar-refractivity contribution in [2.45, 2.75) is 77.4 Å². The van der Waals surface area contributed by atoms with Crippen LogP contribution in [0.25, 0.3) is 0 Å². The van der Waals surface area contributed by atoms with Gasteiger partial charge in [0.05, 0.1) is 0 Å². The number of rotatable bonds is 0. The minimum atomic E-state index is -2.85. The fourth-order valence-electron chi connectivity index (χ4n) is 3.38. The van der Waals surface area contributed by atoms with Gasteiger partial charge in [-0.1, -0.05) is 62.3 Å². The molecule has 0 rings (SSSR count). The van der Waals surface area contributed by atoms with Gasteiger partial charge in [-0.15, -0.1) is 0 Å². The highest BCUT2D eigenvalue weighted by Crippen LogP contribution is 2.62. The summed E-state index contributed by atoms with van der Waals surface area (Å²) in [5, 5.41) is -0.615. The van der Waals surface area contributed by atoms with Crippen molar-refractivity contribution >= 4 is 8.41 Å². The van der Waals surface area contributed by atoms with Crippen molar-refractivity contribution in [2.75, 3.05) is 0 Å². The standard InChI is InChI=1S/C12H27FSi/c1-10(2,3)14(13,11(4,5)6)12(7,8)9/h1-9H3. The van der Waals surface area contributed by atoms with E-state index in [0.29, 0.717) is 0 Å². The van der Waals surface area contributed by atoms with E-state index in [-0.39, 0.29) is 15.1 Å². The summed E-state index contributed by atoms with van der Waals surface area (Å²) in [5.41, 5.74) is 0. The normalized spacial score (nSPS) is 15.9. The number of hydrogen-bond donors (Lipinski definition) is 0. The van der Waals surface area contributed by atoms with E-state index in [4.69, 9.17) is 0 Å². The topological polar surface area (TPSA) is 0 Å². The molecule has 0 fully saturated rings. The second-order valence-electron chi connectivity index (χ2n) is 7.41. The van der Waals surface area contributed by atoms with Gasteiger partial charge in [-0.3, -0.25) is 0 Å². The van der Waals surface area contributed by atoms with Crippen molar-refractivity contribution in [3.63, 3.8) is 0 Å². The van der Waals surface area contributed by atoms with Crippen LogP contribution < -0.4 is 0 Å². The van der Waals surface area contributed by atoms with E-state index in [0.717, 1.165) is 0 Å². The van der Waals surface area contributed by atoms with Crippen molar-refractivity contribution in [1.82, 2.24) is 0 Å². The lowest BCUT2D eigenvalue weighted by Gasteiger charge is -2.52. The maximum Gasteiger partial charge on any atom is 0.262 e. The van der Waals surface area contributed by atoms with E-state index in [2.05, 4.69) is 62.3 Å². The van der Waals surface area contributed by atoms with Crippen LogP contribution in [0.1, 0.15) is 62.3 Å². The molecule has 0 N–H and O–H groups in total. The summed E-state index contributed by atoms with van der Waals surface area (Å²) in [6.45, 7) is 18.5. The van der Waals surface area contributed by atoms with Gasteiger partial charge in [0, 0.05) is 0 Å². The molecule has 0 radical (unpaired) electrons. The summed E-state index contributed by atoms with van der Waals surface area (Å²) in [7, 11) is -2.85. The lowest BCUT2D eigenvalue weighted by atomic mass is 10.2. The van der Waals surface area contributed by atoms with E-state index < -0.39 is 8.41 Å². The molecule has 0 amide bonds. The van der Waals surface area contributed by atoms with Crippen molar-refractivity contribution in [3.05, 3.63) is 0 Å². The highest BCUT2D eigenvalue weighted by Gasteiger charge is 2.62. The van der Waals surface area contributed by atoms with Crippen molar-refractivity contribution in [3.8, 4) is 0 Å². The molecule has 0 aromatic carbocycles. The lowest BCUT2D eigenvalue weighted by molar-refractivity contribution is 0.447. The maximum absolute atomic E-state index is 15.5. The van der Waals surface area contributed by atoms with Crippen molar-refractivity contribution < 1.29 is 4.11 Å². The van der Waals surface area contributed by atoms with Gasteiger partial charge in [0.2, 0.25) is 0 Å². The van der Waals surface area contributed by atoms with Gasteiger partial charge in [-0.25, -0.2) is 0 Å². The van der Waals surface area contributed by atoms with Crippen LogP contribution in [-0.2, 0) is 0 Å². The van der Waals surface area contributed by atoms with Gasteiger partial charge >= 0.3 is 0 Å². The molecule has 0 spiro atoms. The summed E-state index contributed by atoms with van der Waals surface area (Å²) in [6.07, 6.45) is 0. The van der Waals surface area contributed by atoms with Gasteiger partial charge in [-0.2, -0.15) is 0 Å². The third-order valence-electron chi connectivity index (χ3n) is 3.10. The summed E-state index contributed by atoms with van der Waals surface area (Å²) >= 11 is 0. The van der Waals surface area contributed by atoms with Gasteiger partial charge in [0.15, 0.2) is 0 Å². The van der Waals surface area contributed by atoms with E-state index in [1.54, 1.807) is 0 Å². The molecule has 0 aromatic rings. The quantitative estimate of drug-likeness (QED) is 0.382. The zero-order chi connectivity index (χ0) is 12.0. The first-order valence-corrected chi connectivity index (χ1v) is 7.32. The van der Waals surface area contributed by atoms with Crippen LogP contribution in [0.3, 0.4) is 0 Å². The Bertz CT molecular complexity index is 164. The fraction of sp³-hybridized carbons (Fsp3) is 1.00. The zero-order valence-corrected chi connectivity index (χ0v) is 12.4. The monoisotopic (exact) mass is 218 g/mol. The van der Waals surface area contributed by atoms with Crippen LogP contribution in [0.4, 0.5) is 4.11 Å². The van der Waals surface area contributed by atoms with Crippen molar-refractivity contribution in [1.29, 1.82) is 0 Å². The predicted molar refractivity (Wildman–Crippen MR) is 66.0 cm³/mol. The molecule has 0 nitrogen and oxygen atoms in total. The zero-order valence-electron chi connectivity index (χ0n) is 11.4. The van der Waals surface area contributed by atoms with E-state index >= 15 is 4.11 Å². The first-order chi connectivity index (χ1) is 5.75. The smallest absolute Gasteiger partial charge is 0.262 e. The van der Waals surface area contributed by atoms with Crippen molar-refractivity contribution in [2.24, 2.45) is 0 Å². The summed E-state index contributed by atoms with van der Waals surface area (Å²) < 4.78 is 15.5. The molecule has 0 aliphatic carbocycles. The number of hydrogen-bond acceptors (Lipinski definition) is 0. The Labute approximate surface area is 90.5 Å². The maximum atomic E-state index is 15.5. The van der Waals surface area contributed by atoms with Gasteiger partial charge in [0.1, 0.15) is 0 Å². The van der Waals surface area contributed by atoms with Crippen LogP contribution in [0.2, 0.25) is 15.1 Å². The van der Waals surface area contributed by atoms with Crippen LogP contribution in [0, 0.1) is 0 Å². The second kappa shape index (κ2) is 3.33. The van der Waals surface area contributed by atoms with Gasteiger partial charge < -0.3 is 4.11 Å². The Balaban J connectivity index is 5.54. The minimum absolute atomic E-state index is 0.205. The van der Waals surface area contributed by atoms with Crippen LogP contribution in [0.15, 0.2) is 0 Å². The van der Waals surface area contributed by atoms with E-state index in [1.807, 2.05) is 0 Å². The van der Waals surface area contributed by atoms with Gasteiger partial charge in [-0.05, 0) is 15.1 Å². The molecule has 0 saturated carbocycles. The molecular formula is C12H27FSi. The highest BCUT2D eigenvalue weighted by atomic mass is 28.4. The predicted octanol–water partition coefficient (Wildman–Crippen LogP) is 5.30. The Morgan fingerprint density at radius 1 is 0.571 bits per heavy atom. The SMILES string of the molecule is CC(C)(C)[Si](F)(C(C)(C)C)C(C)(C)C. The minimum Gasteiger partial charge on any atom is -0.312 e. The third kappa shape index (κ3) is 2.05. The first-order valence-electron chi connectivity index (χ1n) is 5.44. The number of halogens is 1. The molecule has 0 bridgehead atoms. The van der Waals surface area contributed by atoms with Gasteiger partial charge in [0.25, 0.3) is 8.41 Å². The molecular weight excluding hydrogens is 191 g/mol. The Hall–Kier alpha value is 0.147. The molecule has 0 unspecified atom stereocenters. The lowest BCUT2D eigenvalue weighted by Crippen LogP contribution is -2.54. The second-order valence-corrected chi connectivity index (χ2v) is 13.2. The summed E-state index contributed by atoms with van der Waals surface area (Å²) in [6, 6.07) is 0. The average Bonchev–Trinajstić information content (AvgIpc) is 1.77. The molecule has 0 heterocycles. The molecule has 2 heteroatoms. The fourth-order valence-corrected chi connectivity index (χ4v) is 10.1. The Morgan fingerprint density at radius 3 is 0.714 bits per heavy atom. The molecule has 0 aromatic heterocycles. The molecule has 0 aliphatic rings. The molecule has 86 valence electrons. The highest BCUT2D eigenvalue weighted by molar-refractivity contribution is 6.81. The molecule has 0 saturated heterocycles. The van der Waals surface area contributed by atoms with Crippen LogP contribution in [-0.4, -0.2) is 8.41 Å². The summed E-state index contributed by atoms with van der Waals surface area (Å²) in [4.78, 5) is 0. The average molecular weight is 218 g/mol. The summed E-state index contributed by atoms with van der Waals surface area (Å²) in [5.74, 6) is 0. The van der Waals surface area contributed by atoms with E-state index in [1.165, 1.54) is 0 Å². The van der Waals surface area contributed by atoms with Crippen LogP contribution in [0.5, 0.6) is 0 Å². The molecule has 0 aliphatic heterocycles. The van der Waals surface area contributed by atoms with E-state index in [9.17, 15) is 0 Å². The molecule has 0 atom stereocenters. The van der Waals surface area contributed by atoms with Crippen LogP contribution >= 0.6 is 0 Å². The third-order valence-corrected chi connectivity index (χ3v) is 9.30.